The summed E-state index contributed by atoms with van der Waals surface area (Å²) in [7, 11) is 1.34. The third kappa shape index (κ3) is 2.67. The number of imidazole rings is 1. The average molecular weight is 292 g/mol. The second-order valence-corrected chi connectivity index (χ2v) is 6.82. The summed E-state index contributed by atoms with van der Waals surface area (Å²) >= 11 is 0. The van der Waals surface area contributed by atoms with Gasteiger partial charge in [0, 0.05) is 30.0 Å². The molecule has 100 valence electrons. The summed E-state index contributed by atoms with van der Waals surface area (Å²) in [6.07, 6.45) is 4.63. The molecule has 0 bridgehead atoms. The van der Waals surface area contributed by atoms with E-state index in [-0.39, 0.29) is 10.9 Å². The highest BCUT2D eigenvalue weighted by atomic mass is 35.7. The van der Waals surface area contributed by atoms with Crippen LogP contribution in [0.1, 0.15) is 25.8 Å². The number of rotatable bonds is 3. The van der Waals surface area contributed by atoms with Crippen molar-refractivity contribution in [1.29, 1.82) is 0 Å². The minimum atomic E-state index is -3.84. The van der Waals surface area contributed by atoms with E-state index in [9.17, 15) is 13.2 Å². The maximum absolute atomic E-state index is 12.1. The first-order chi connectivity index (χ1) is 8.39. The lowest BCUT2D eigenvalue weighted by atomic mass is 10.3. The number of likely N-dealkylation sites (tertiary alicyclic amines) is 1. The van der Waals surface area contributed by atoms with Gasteiger partial charge in [-0.15, -0.1) is 0 Å². The fourth-order valence-electron chi connectivity index (χ4n) is 1.98. The van der Waals surface area contributed by atoms with Crippen molar-refractivity contribution in [3.05, 3.63) is 12.5 Å². The predicted molar refractivity (Wildman–Crippen MR) is 65.8 cm³/mol. The lowest BCUT2D eigenvalue weighted by Crippen LogP contribution is -2.33. The van der Waals surface area contributed by atoms with E-state index in [0.717, 1.165) is 25.9 Å². The predicted octanol–water partition coefficient (Wildman–Crippen LogP) is 0.994. The van der Waals surface area contributed by atoms with Gasteiger partial charge in [0.05, 0.1) is 6.33 Å². The lowest BCUT2D eigenvalue weighted by molar-refractivity contribution is -0.133. The number of carbonyl (C=O) groups is 1. The van der Waals surface area contributed by atoms with Gasteiger partial charge in [-0.05, 0) is 19.8 Å². The molecule has 0 N–H and O–H groups in total. The van der Waals surface area contributed by atoms with Crippen LogP contribution >= 0.6 is 10.7 Å². The van der Waals surface area contributed by atoms with Gasteiger partial charge in [0.25, 0.3) is 9.05 Å². The van der Waals surface area contributed by atoms with E-state index in [4.69, 9.17) is 10.7 Å². The highest BCUT2D eigenvalue weighted by molar-refractivity contribution is 8.13. The monoisotopic (exact) mass is 291 g/mol. The molecule has 1 aromatic rings. The molecule has 18 heavy (non-hydrogen) atoms. The first kappa shape index (κ1) is 13.4. The highest BCUT2D eigenvalue weighted by Crippen LogP contribution is 2.18. The van der Waals surface area contributed by atoms with E-state index >= 15 is 0 Å². The normalized spacial score (nSPS) is 18.0. The largest absolute Gasteiger partial charge is 0.341 e. The number of amides is 1. The number of hydrogen-bond acceptors (Lipinski definition) is 4. The zero-order valence-electron chi connectivity index (χ0n) is 9.91. The Bertz CT molecular complexity index is 548. The first-order valence-electron chi connectivity index (χ1n) is 5.66. The smallest absolute Gasteiger partial charge is 0.280 e. The zero-order valence-corrected chi connectivity index (χ0v) is 11.5. The van der Waals surface area contributed by atoms with Crippen LogP contribution in [0.2, 0.25) is 0 Å². The molecule has 8 heteroatoms. The molecule has 0 aliphatic carbocycles. The molecule has 1 amide bonds. The fraction of sp³-hybridized carbons (Fsp3) is 0.600. The summed E-state index contributed by atoms with van der Waals surface area (Å²) in [4.78, 5) is 17.6. The Morgan fingerprint density at radius 1 is 1.44 bits per heavy atom. The minimum absolute atomic E-state index is 0.0246. The first-order valence-corrected chi connectivity index (χ1v) is 7.97. The molecule has 2 heterocycles. The van der Waals surface area contributed by atoms with Crippen LogP contribution in [0.25, 0.3) is 0 Å². The van der Waals surface area contributed by atoms with Gasteiger partial charge in [0.15, 0.2) is 5.03 Å². The topological polar surface area (TPSA) is 72.3 Å². The third-order valence-electron chi connectivity index (χ3n) is 3.05. The van der Waals surface area contributed by atoms with Gasteiger partial charge in [0.2, 0.25) is 5.91 Å². The molecule has 1 atom stereocenters. The molecule has 1 aliphatic rings. The van der Waals surface area contributed by atoms with Crippen LogP contribution in [-0.4, -0.2) is 41.9 Å². The zero-order chi connectivity index (χ0) is 13.3. The molecule has 0 radical (unpaired) electrons. The molecule has 0 aromatic carbocycles. The molecular weight excluding hydrogens is 278 g/mol. The van der Waals surface area contributed by atoms with Gasteiger partial charge in [-0.2, -0.15) is 0 Å². The van der Waals surface area contributed by atoms with Gasteiger partial charge in [0.1, 0.15) is 6.04 Å². The van der Waals surface area contributed by atoms with Crippen LogP contribution < -0.4 is 0 Å². The molecular formula is C10H14ClN3O3S. The van der Waals surface area contributed by atoms with Crippen LogP contribution in [0, 0.1) is 0 Å². The van der Waals surface area contributed by atoms with E-state index in [2.05, 4.69) is 4.98 Å². The average Bonchev–Trinajstić information content (AvgIpc) is 2.96. The molecule has 6 nitrogen and oxygen atoms in total. The second-order valence-electron chi connectivity index (χ2n) is 4.31. The minimum Gasteiger partial charge on any atom is -0.341 e. The number of hydrogen-bond donors (Lipinski definition) is 0. The summed E-state index contributed by atoms with van der Waals surface area (Å²) < 4.78 is 23.6. The fourth-order valence-corrected chi connectivity index (χ4v) is 2.64. The summed E-state index contributed by atoms with van der Waals surface area (Å²) in [5, 5.41) is -0.231. The van der Waals surface area contributed by atoms with E-state index in [1.54, 1.807) is 11.8 Å². The van der Waals surface area contributed by atoms with Crippen molar-refractivity contribution in [3.63, 3.8) is 0 Å². The molecule has 1 saturated heterocycles. The van der Waals surface area contributed by atoms with Crippen molar-refractivity contribution in [2.45, 2.75) is 30.8 Å². The number of carbonyl (C=O) groups excluding carboxylic acids is 1. The van der Waals surface area contributed by atoms with Crippen molar-refractivity contribution < 1.29 is 13.2 Å². The molecule has 1 aliphatic heterocycles. The van der Waals surface area contributed by atoms with Crippen molar-refractivity contribution in [1.82, 2.24) is 14.5 Å². The number of aromatic nitrogens is 2. The Hall–Kier alpha value is -1.08. The van der Waals surface area contributed by atoms with E-state index < -0.39 is 15.1 Å². The van der Waals surface area contributed by atoms with Crippen molar-refractivity contribution >= 4 is 25.6 Å². The van der Waals surface area contributed by atoms with Crippen molar-refractivity contribution in [3.8, 4) is 0 Å². The maximum Gasteiger partial charge on any atom is 0.280 e. The summed E-state index contributed by atoms with van der Waals surface area (Å²) in [6, 6.07) is -0.470. The van der Waals surface area contributed by atoms with Gasteiger partial charge in [-0.1, -0.05) is 0 Å². The summed E-state index contributed by atoms with van der Waals surface area (Å²) in [5.74, 6) is -0.0246. The van der Waals surface area contributed by atoms with Crippen LogP contribution in [0.5, 0.6) is 0 Å². The van der Waals surface area contributed by atoms with Crippen LogP contribution in [0.3, 0.4) is 0 Å². The molecule has 0 saturated carbocycles. The Morgan fingerprint density at radius 3 is 2.56 bits per heavy atom. The number of halogens is 1. The Kier molecular flexibility index (Phi) is 3.63. The lowest BCUT2D eigenvalue weighted by Gasteiger charge is -2.20. The van der Waals surface area contributed by atoms with Gasteiger partial charge < -0.3 is 9.47 Å². The van der Waals surface area contributed by atoms with E-state index in [0.29, 0.717) is 0 Å². The molecule has 1 unspecified atom stereocenters. The second kappa shape index (κ2) is 4.89. The van der Waals surface area contributed by atoms with E-state index in [1.165, 1.54) is 17.1 Å². The van der Waals surface area contributed by atoms with Gasteiger partial charge in [-0.25, -0.2) is 13.4 Å². The molecule has 0 spiro atoms. The maximum atomic E-state index is 12.1. The van der Waals surface area contributed by atoms with Crippen LogP contribution in [0.4, 0.5) is 0 Å². The summed E-state index contributed by atoms with van der Waals surface area (Å²) in [6.45, 7) is 3.24. The highest BCUT2D eigenvalue weighted by Gasteiger charge is 2.25. The van der Waals surface area contributed by atoms with E-state index in [1.807, 2.05) is 0 Å². The summed E-state index contributed by atoms with van der Waals surface area (Å²) in [5.41, 5.74) is 0. The third-order valence-corrected chi connectivity index (χ3v) is 4.23. The van der Waals surface area contributed by atoms with Crippen molar-refractivity contribution in [2.24, 2.45) is 0 Å². The Morgan fingerprint density at radius 2 is 2.06 bits per heavy atom. The Labute approximate surface area is 110 Å². The molecule has 2 rings (SSSR count). The van der Waals surface area contributed by atoms with Gasteiger partial charge in [-0.3, -0.25) is 4.79 Å². The van der Waals surface area contributed by atoms with Crippen LogP contribution in [-0.2, 0) is 13.8 Å². The van der Waals surface area contributed by atoms with Gasteiger partial charge >= 0.3 is 0 Å². The van der Waals surface area contributed by atoms with Crippen LogP contribution in [0.15, 0.2) is 17.6 Å². The quantitative estimate of drug-likeness (QED) is 0.779. The molecule has 1 fully saturated rings. The Balaban J connectivity index is 2.16. The number of nitrogens with zero attached hydrogens (tertiary/aromatic N) is 3. The SMILES string of the molecule is CC(C(=O)N1CCCC1)n1cnc(S(=O)(=O)Cl)c1. The van der Waals surface area contributed by atoms with Crippen molar-refractivity contribution in [2.75, 3.05) is 13.1 Å². The standard InChI is InChI=1S/C10H14ClN3O3S/c1-8(10(15)13-4-2-3-5-13)14-6-9(12-7-14)18(11,16)17/h6-8H,2-5H2,1H3. The molecule has 1 aromatic heterocycles.